The number of anilines is 1. The molecule has 5 heteroatoms. The molecule has 0 aliphatic carbocycles. The van der Waals surface area contributed by atoms with Crippen LogP contribution in [-0.2, 0) is 0 Å². The molecule has 3 nitrogen and oxygen atoms in total. The van der Waals surface area contributed by atoms with Gasteiger partial charge in [0.15, 0.2) is 0 Å². The molecule has 0 fully saturated rings. The molecule has 0 saturated heterocycles. The molecule has 2 aromatic rings. The monoisotopic (exact) mass is 285 g/mol. The molecular weight excluding hydrogens is 277 g/mol. The molecule has 0 aliphatic rings. The van der Waals surface area contributed by atoms with E-state index in [1.165, 1.54) is 0 Å². The van der Waals surface area contributed by atoms with Crippen LogP contribution in [0.15, 0.2) is 16.6 Å². The lowest BCUT2D eigenvalue weighted by molar-refractivity contribution is 1.20. The maximum atomic E-state index is 5.85. The lowest BCUT2D eigenvalue weighted by atomic mass is 10.1. The fourth-order valence-corrected chi connectivity index (χ4v) is 2.16. The fraction of sp³-hybridized carbons (Fsp3) is 0.200. The molecule has 0 saturated carbocycles. The number of benzene rings is 1. The van der Waals surface area contributed by atoms with Gasteiger partial charge in [0.25, 0.3) is 0 Å². The van der Waals surface area contributed by atoms with Crippen molar-refractivity contribution in [3.63, 3.8) is 0 Å². The number of nitrogens with one attached hydrogen (secondary N) is 1. The SMILES string of the molecule is CNc1nc(Cl)nc2c(C)ccc(Br)c12. The largest absolute Gasteiger partial charge is 0.372 e. The van der Waals surface area contributed by atoms with E-state index >= 15 is 0 Å². The van der Waals surface area contributed by atoms with E-state index in [1.54, 1.807) is 0 Å². The lowest BCUT2D eigenvalue weighted by Crippen LogP contribution is -1.98. The molecule has 1 N–H and O–H groups in total. The van der Waals surface area contributed by atoms with Crippen molar-refractivity contribution in [3.8, 4) is 0 Å². The van der Waals surface area contributed by atoms with E-state index in [1.807, 2.05) is 26.1 Å². The van der Waals surface area contributed by atoms with Crippen LogP contribution in [0.2, 0.25) is 5.28 Å². The number of nitrogens with zero attached hydrogens (tertiary/aromatic N) is 2. The number of halogens is 2. The van der Waals surface area contributed by atoms with Crippen LogP contribution in [0.25, 0.3) is 10.9 Å². The molecule has 1 heterocycles. The highest BCUT2D eigenvalue weighted by Crippen LogP contribution is 2.31. The first-order valence-electron chi connectivity index (χ1n) is 4.43. The molecule has 0 amide bonds. The number of aryl methyl sites for hydroxylation is 1. The van der Waals surface area contributed by atoms with Gasteiger partial charge in [-0.1, -0.05) is 6.07 Å². The van der Waals surface area contributed by atoms with Crippen molar-refractivity contribution < 1.29 is 0 Å². The van der Waals surface area contributed by atoms with Crippen LogP contribution in [0.1, 0.15) is 5.56 Å². The molecule has 1 aromatic carbocycles. The smallest absolute Gasteiger partial charge is 0.224 e. The van der Waals surface area contributed by atoms with E-state index in [2.05, 4.69) is 31.2 Å². The first-order chi connectivity index (χ1) is 7.13. The summed E-state index contributed by atoms with van der Waals surface area (Å²) in [6, 6.07) is 3.98. The average molecular weight is 287 g/mol. The zero-order valence-electron chi connectivity index (χ0n) is 8.31. The summed E-state index contributed by atoms with van der Waals surface area (Å²) in [6.07, 6.45) is 0. The molecule has 0 atom stereocenters. The van der Waals surface area contributed by atoms with E-state index in [-0.39, 0.29) is 5.28 Å². The van der Waals surface area contributed by atoms with Gasteiger partial charge in [-0.2, -0.15) is 0 Å². The summed E-state index contributed by atoms with van der Waals surface area (Å²) in [5.74, 6) is 0.737. The second-order valence-corrected chi connectivity index (χ2v) is 4.37. The summed E-state index contributed by atoms with van der Waals surface area (Å²) in [5, 5.41) is 4.23. The van der Waals surface area contributed by atoms with Crippen molar-refractivity contribution in [3.05, 3.63) is 27.5 Å². The van der Waals surface area contributed by atoms with Crippen molar-refractivity contribution in [1.29, 1.82) is 0 Å². The molecule has 0 bridgehead atoms. The molecule has 2 rings (SSSR count). The minimum atomic E-state index is 0.257. The lowest BCUT2D eigenvalue weighted by Gasteiger charge is -2.08. The zero-order chi connectivity index (χ0) is 11.0. The Kier molecular flexibility index (Phi) is 2.80. The van der Waals surface area contributed by atoms with Crippen LogP contribution in [0.5, 0.6) is 0 Å². The first-order valence-corrected chi connectivity index (χ1v) is 5.60. The Hall–Kier alpha value is -0.870. The van der Waals surface area contributed by atoms with E-state index in [0.717, 1.165) is 26.8 Å². The predicted molar refractivity (Wildman–Crippen MR) is 66.5 cm³/mol. The minimum absolute atomic E-state index is 0.257. The summed E-state index contributed by atoms with van der Waals surface area (Å²) >= 11 is 9.33. The topological polar surface area (TPSA) is 37.8 Å². The van der Waals surface area contributed by atoms with Gasteiger partial charge in [-0.25, -0.2) is 9.97 Å². The second kappa shape index (κ2) is 3.94. The van der Waals surface area contributed by atoms with Gasteiger partial charge >= 0.3 is 0 Å². The van der Waals surface area contributed by atoms with E-state index in [9.17, 15) is 0 Å². The quantitative estimate of drug-likeness (QED) is 0.817. The first kappa shape index (κ1) is 10.6. The van der Waals surface area contributed by atoms with Gasteiger partial charge < -0.3 is 5.32 Å². The van der Waals surface area contributed by atoms with Gasteiger partial charge in [0.05, 0.1) is 10.9 Å². The normalized spacial score (nSPS) is 10.7. The highest BCUT2D eigenvalue weighted by atomic mass is 79.9. The Bertz CT molecular complexity index is 528. The molecule has 0 spiro atoms. The van der Waals surface area contributed by atoms with Gasteiger partial charge in [-0.15, -0.1) is 0 Å². The van der Waals surface area contributed by atoms with E-state index in [0.29, 0.717) is 0 Å². The third-order valence-electron chi connectivity index (χ3n) is 2.21. The van der Waals surface area contributed by atoms with E-state index < -0.39 is 0 Å². The molecule has 0 aliphatic heterocycles. The fourth-order valence-electron chi connectivity index (χ4n) is 1.49. The second-order valence-electron chi connectivity index (χ2n) is 3.18. The van der Waals surface area contributed by atoms with Crippen LogP contribution in [0, 0.1) is 6.92 Å². The summed E-state index contributed by atoms with van der Waals surface area (Å²) in [4.78, 5) is 8.36. The molecule has 0 unspecified atom stereocenters. The van der Waals surface area contributed by atoms with Crippen LogP contribution in [0.4, 0.5) is 5.82 Å². The van der Waals surface area contributed by atoms with Crippen LogP contribution >= 0.6 is 27.5 Å². The van der Waals surface area contributed by atoms with Gasteiger partial charge in [0, 0.05) is 11.5 Å². The van der Waals surface area contributed by atoms with E-state index in [4.69, 9.17) is 11.6 Å². The van der Waals surface area contributed by atoms with Crippen molar-refractivity contribution in [2.24, 2.45) is 0 Å². The number of fused-ring (bicyclic) bond motifs is 1. The molecule has 1 aromatic heterocycles. The summed E-state index contributed by atoms with van der Waals surface area (Å²) < 4.78 is 0.962. The third kappa shape index (κ3) is 1.79. The Balaban J connectivity index is 2.95. The van der Waals surface area contributed by atoms with Crippen LogP contribution < -0.4 is 5.32 Å². The van der Waals surface area contributed by atoms with Gasteiger partial charge in [0.1, 0.15) is 5.82 Å². The summed E-state index contributed by atoms with van der Waals surface area (Å²) in [5.41, 5.74) is 1.95. The van der Waals surface area contributed by atoms with Gasteiger partial charge in [0.2, 0.25) is 5.28 Å². The number of hydrogen-bond donors (Lipinski definition) is 1. The maximum absolute atomic E-state index is 5.85. The Labute approximate surface area is 101 Å². The van der Waals surface area contributed by atoms with Gasteiger partial charge in [-0.3, -0.25) is 0 Å². The number of aromatic nitrogens is 2. The number of hydrogen-bond acceptors (Lipinski definition) is 3. The highest BCUT2D eigenvalue weighted by molar-refractivity contribution is 9.10. The molecule has 15 heavy (non-hydrogen) atoms. The molecule has 0 radical (unpaired) electrons. The molecule has 78 valence electrons. The van der Waals surface area contributed by atoms with Crippen molar-refractivity contribution in [1.82, 2.24) is 9.97 Å². The summed E-state index contributed by atoms with van der Waals surface area (Å²) in [6.45, 7) is 2.00. The minimum Gasteiger partial charge on any atom is -0.372 e. The number of rotatable bonds is 1. The standard InChI is InChI=1S/C10H9BrClN3/c1-5-3-4-6(11)7-8(5)14-10(12)15-9(7)13-2/h3-4H,1-2H3,(H,13,14,15). The highest BCUT2D eigenvalue weighted by Gasteiger charge is 2.10. The Morgan fingerprint density at radius 2 is 2.07 bits per heavy atom. The third-order valence-corrected chi connectivity index (χ3v) is 3.04. The Morgan fingerprint density at radius 1 is 1.33 bits per heavy atom. The van der Waals surface area contributed by atoms with Crippen molar-refractivity contribution in [2.45, 2.75) is 6.92 Å². The maximum Gasteiger partial charge on any atom is 0.224 e. The van der Waals surface area contributed by atoms with Crippen LogP contribution in [-0.4, -0.2) is 17.0 Å². The van der Waals surface area contributed by atoms with Crippen molar-refractivity contribution in [2.75, 3.05) is 12.4 Å². The average Bonchev–Trinajstić information content (AvgIpc) is 2.22. The zero-order valence-corrected chi connectivity index (χ0v) is 10.6. The van der Waals surface area contributed by atoms with Crippen molar-refractivity contribution >= 4 is 44.3 Å². The summed E-state index contributed by atoms with van der Waals surface area (Å²) in [7, 11) is 1.81. The Morgan fingerprint density at radius 3 is 2.73 bits per heavy atom. The van der Waals surface area contributed by atoms with Crippen LogP contribution in [0.3, 0.4) is 0 Å². The predicted octanol–water partition coefficient (Wildman–Crippen LogP) is 3.40. The van der Waals surface area contributed by atoms with Gasteiger partial charge in [-0.05, 0) is 46.1 Å². The molecular formula is C10H9BrClN3.